The lowest BCUT2D eigenvalue weighted by Gasteiger charge is -2.31. The number of carbonyl (C=O) groups excluding carboxylic acids is 2. The van der Waals surface area contributed by atoms with Gasteiger partial charge in [-0.1, -0.05) is 23.7 Å². The Morgan fingerprint density at radius 3 is 2.68 bits per heavy atom. The van der Waals surface area contributed by atoms with Crippen molar-refractivity contribution in [1.82, 2.24) is 5.43 Å². The van der Waals surface area contributed by atoms with Gasteiger partial charge in [-0.2, -0.15) is 5.10 Å². The van der Waals surface area contributed by atoms with Crippen molar-refractivity contribution in [3.8, 4) is 5.75 Å². The smallest absolute Gasteiger partial charge is 0.271 e. The monoisotopic (exact) mass is 357 g/mol. The zero-order valence-corrected chi connectivity index (χ0v) is 14.4. The molecule has 6 nitrogen and oxygen atoms in total. The van der Waals surface area contributed by atoms with Crippen LogP contribution in [0.5, 0.6) is 5.75 Å². The van der Waals surface area contributed by atoms with E-state index in [1.807, 2.05) is 0 Å². The standard InChI is InChI=1S/C18H16ClN3O3/c1-18(2)17(24)21-14-9-12(5-8-15(14)25-18)16(23)22-20-10-11-3-6-13(19)7-4-11/h3-10H,1-2H3,(H,21,24)(H,22,23)/b20-10+. The van der Waals surface area contributed by atoms with Crippen molar-refractivity contribution in [2.75, 3.05) is 5.32 Å². The van der Waals surface area contributed by atoms with E-state index in [1.54, 1.807) is 56.3 Å². The average Bonchev–Trinajstić information content (AvgIpc) is 2.57. The molecular formula is C18H16ClN3O3. The van der Waals surface area contributed by atoms with Crippen molar-refractivity contribution in [2.24, 2.45) is 5.10 Å². The van der Waals surface area contributed by atoms with E-state index in [9.17, 15) is 9.59 Å². The number of halogens is 1. The summed E-state index contributed by atoms with van der Waals surface area (Å²) in [5.74, 6) is -0.142. The van der Waals surface area contributed by atoms with Crippen molar-refractivity contribution in [3.05, 3.63) is 58.6 Å². The van der Waals surface area contributed by atoms with Crippen LogP contribution in [0.3, 0.4) is 0 Å². The largest absolute Gasteiger partial charge is 0.476 e. The fourth-order valence-corrected chi connectivity index (χ4v) is 2.36. The molecule has 0 spiro atoms. The Balaban J connectivity index is 1.70. The number of nitrogens with zero attached hydrogens (tertiary/aromatic N) is 1. The van der Waals surface area contributed by atoms with Crippen LogP contribution in [-0.4, -0.2) is 23.6 Å². The van der Waals surface area contributed by atoms with Crippen LogP contribution in [-0.2, 0) is 4.79 Å². The zero-order chi connectivity index (χ0) is 18.0. The van der Waals surface area contributed by atoms with Gasteiger partial charge in [0.2, 0.25) is 0 Å². The van der Waals surface area contributed by atoms with Crippen molar-refractivity contribution < 1.29 is 14.3 Å². The molecule has 0 fully saturated rings. The third-order valence-electron chi connectivity index (χ3n) is 3.65. The first kappa shape index (κ1) is 17.0. The molecule has 2 amide bonds. The van der Waals surface area contributed by atoms with E-state index in [1.165, 1.54) is 6.21 Å². The molecule has 0 bridgehead atoms. The first-order chi connectivity index (χ1) is 11.8. The first-order valence-electron chi connectivity index (χ1n) is 7.59. The second-order valence-corrected chi connectivity index (χ2v) is 6.46. The summed E-state index contributed by atoms with van der Waals surface area (Å²) < 4.78 is 5.63. The Bertz CT molecular complexity index is 860. The third-order valence-corrected chi connectivity index (χ3v) is 3.90. The molecule has 0 aliphatic carbocycles. The minimum atomic E-state index is -0.945. The summed E-state index contributed by atoms with van der Waals surface area (Å²) in [6.07, 6.45) is 1.51. The number of amides is 2. The van der Waals surface area contributed by atoms with Crippen molar-refractivity contribution >= 4 is 35.3 Å². The normalized spacial score (nSPS) is 15.2. The van der Waals surface area contributed by atoms with Gasteiger partial charge in [0.25, 0.3) is 11.8 Å². The van der Waals surface area contributed by atoms with Crippen LogP contribution in [0.15, 0.2) is 47.6 Å². The van der Waals surface area contributed by atoms with E-state index in [0.717, 1.165) is 5.56 Å². The zero-order valence-electron chi connectivity index (χ0n) is 13.7. The Morgan fingerprint density at radius 2 is 1.96 bits per heavy atom. The van der Waals surface area contributed by atoms with Crippen LogP contribution in [0.2, 0.25) is 5.02 Å². The van der Waals surface area contributed by atoms with Gasteiger partial charge in [-0.25, -0.2) is 5.43 Å². The summed E-state index contributed by atoms with van der Waals surface area (Å²) in [7, 11) is 0. The van der Waals surface area contributed by atoms with Gasteiger partial charge < -0.3 is 10.1 Å². The molecule has 2 aromatic rings. The highest BCUT2D eigenvalue weighted by atomic mass is 35.5. The number of benzene rings is 2. The van der Waals surface area contributed by atoms with E-state index in [2.05, 4.69) is 15.8 Å². The van der Waals surface area contributed by atoms with E-state index in [4.69, 9.17) is 16.3 Å². The molecule has 0 saturated carbocycles. The molecule has 1 heterocycles. The lowest BCUT2D eigenvalue weighted by atomic mass is 10.0. The lowest BCUT2D eigenvalue weighted by molar-refractivity contribution is -0.129. The van der Waals surface area contributed by atoms with Gasteiger partial charge in [-0.3, -0.25) is 9.59 Å². The minimum Gasteiger partial charge on any atom is -0.476 e. The highest BCUT2D eigenvalue weighted by Gasteiger charge is 2.35. The molecular weight excluding hydrogens is 342 g/mol. The quantitative estimate of drug-likeness (QED) is 0.654. The second-order valence-electron chi connectivity index (χ2n) is 6.03. The number of rotatable bonds is 3. The summed E-state index contributed by atoms with van der Waals surface area (Å²) in [6.45, 7) is 3.36. The average molecular weight is 358 g/mol. The van der Waals surface area contributed by atoms with Crippen LogP contribution in [0.25, 0.3) is 0 Å². The Hall–Kier alpha value is -2.86. The topological polar surface area (TPSA) is 79.8 Å². The Labute approximate surface area is 149 Å². The molecule has 2 N–H and O–H groups in total. The van der Waals surface area contributed by atoms with E-state index >= 15 is 0 Å². The Kier molecular flexibility index (Phi) is 4.46. The highest BCUT2D eigenvalue weighted by molar-refractivity contribution is 6.30. The predicted octanol–water partition coefficient (Wildman–Crippen LogP) is 3.21. The van der Waals surface area contributed by atoms with Crippen LogP contribution in [0.4, 0.5) is 5.69 Å². The number of nitrogens with one attached hydrogen (secondary N) is 2. The molecule has 128 valence electrons. The summed E-state index contributed by atoms with van der Waals surface area (Å²) in [4.78, 5) is 24.1. The van der Waals surface area contributed by atoms with E-state index < -0.39 is 11.5 Å². The number of ether oxygens (including phenoxy) is 1. The number of fused-ring (bicyclic) bond motifs is 1. The number of hydrogen-bond acceptors (Lipinski definition) is 4. The number of hydrazone groups is 1. The van der Waals surface area contributed by atoms with Crippen molar-refractivity contribution in [2.45, 2.75) is 19.4 Å². The van der Waals surface area contributed by atoms with Gasteiger partial charge in [0.1, 0.15) is 5.75 Å². The van der Waals surface area contributed by atoms with E-state index in [0.29, 0.717) is 22.0 Å². The molecule has 2 aromatic carbocycles. The summed E-state index contributed by atoms with van der Waals surface area (Å²) >= 11 is 5.81. The number of carbonyl (C=O) groups is 2. The molecule has 0 unspecified atom stereocenters. The number of anilines is 1. The highest BCUT2D eigenvalue weighted by Crippen LogP contribution is 2.34. The molecule has 0 saturated heterocycles. The second kappa shape index (κ2) is 6.57. The third kappa shape index (κ3) is 3.80. The van der Waals surface area contributed by atoms with Crippen LogP contribution < -0.4 is 15.5 Å². The lowest BCUT2D eigenvalue weighted by Crippen LogP contribution is -2.45. The van der Waals surface area contributed by atoms with Crippen LogP contribution in [0, 0.1) is 0 Å². The SMILES string of the molecule is CC1(C)Oc2ccc(C(=O)N/N=C/c3ccc(Cl)cc3)cc2NC1=O. The minimum absolute atomic E-state index is 0.265. The molecule has 1 aliphatic rings. The van der Waals surface area contributed by atoms with E-state index in [-0.39, 0.29) is 5.91 Å². The first-order valence-corrected chi connectivity index (χ1v) is 7.96. The summed E-state index contributed by atoms with van der Waals surface area (Å²) in [5, 5.41) is 7.28. The maximum Gasteiger partial charge on any atom is 0.271 e. The van der Waals surface area contributed by atoms with Crippen LogP contribution >= 0.6 is 11.6 Å². The van der Waals surface area contributed by atoms with Gasteiger partial charge in [0.15, 0.2) is 5.60 Å². The van der Waals surface area contributed by atoms with Gasteiger partial charge in [0, 0.05) is 10.6 Å². The maximum absolute atomic E-state index is 12.2. The molecule has 3 rings (SSSR count). The maximum atomic E-state index is 12.2. The van der Waals surface area contributed by atoms with Gasteiger partial charge in [0.05, 0.1) is 11.9 Å². The fraction of sp³-hybridized carbons (Fsp3) is 0.167. The van der Waals surface area contributed by atoms with Gasteiger partial charge in [-0.15, -0.1) is 0 Å². The van der Waals surface area contributed by atoms with Gasteiger partial charge >= 0.3 is 0 Å². The van der Waals surface area contributed by atoms with Gasteiger partial charge in [-0.05, 0) is 49.7 Å². The number of hydrogen-bond donors (Lipinski definition) is 2. The summed E-state index contributed by atoms with van der Waals surface area (Å²) in [6, 6.07) is 11.8. The Morgan fingerprint density at radius 1 is 1.24 bits per heavy atom. The van der Waals surface area contributed by atoms with Crippen molar-refractivity contribution in [3.63, 3.8) is 0 Å². The molecule has 1 aliphatic heterocycles. The van der Waals surface area contributed by atoms with Crippen LogP contribution in [0.1, 0.15) is 29.8 Å². The molecule has 0 aromatic heterocycles. The fourth-order valence-electron chi connectivity index (χ4n) is 2.23. The molecule has 25 heavy (non-hydrogen) atoms. The predicted molar refractivity (Wildman–Crippen MR) is 96.3 cm³/mol. The molecule has 0 radical (unpaired) electrons. The summed E-state index contributed by atoms with van der Waals surface area (Å²) in [5.41, 5.74) is 3.11. The molecule has 7 heteroatoms. The van der Waals surface area contributed by atoms with Crippen molar-refractivity contribution in [1.29, 1.82) is 0 Å². The molecule has 0 atom stereocenters.